The van der Waals surface area contributed by atoms with Crippen LogP contribution in [0.3, 0.4) is 0 Å². The Morgan fingerprint density at radius 3 is 2.65 bits per heavy atom. The van der Waals surface area contributed by atoms with Crippen molar-refractivity contribution in [3.05, 3.63) is 24.3 Å². The van der Waals surface area contributed by atoms with Crippen LogP contribution in [-0.4, -0.2) is 28.8 Å². The van der Waals surface area contributed by atoms with Crippen molar-refractivity contribution in [1.29, 1.82) is 0 Å². The molecule has 0 aliphatic carbocycles. The van der Waals surface area contributed by atoms with Gasteiger partial charge in [-0.25, -0.2) is 9.97 Å². The first-order valence-corrected chi connectivity index (χ1v) is 5.91. The number of nitrogen functional groups attached to an aromatic ring is 1. The molecule has 0 fully saturated rings. The lowest BCUT2D eigenvalue weighted by Gasteiger charge is -2.04. The molecule has 1 heterocycles. The fourth-order valence-corrected chi connectivity index (χ4v) is 2.02. The Hall–Kier alpha value is -1.82. The minimum absolute atomic E-state index is 0.174. The number of hydrogen-bond acceptors (Lipinski definition) is 6. The fourth-order valence-electron chi connectivity index (χ4n) is 1.29. The molecule has 0 unspecified atom stereocenters. The SMILES string of the molecule is COC(=O)CSc1nc2ccccc2nc1N. The average molecular weight is 249 g/mol. The number of ether oxygens (including phenoxy) is 1. The number of carbonyl (C=O) groups is 1. The molecule has 6 heteroatoms. The maximum absolute atomic E-state index is 11.0. The molecule has 0 amide bonds. The third-order valence-corrected chi connectivity index (χ3v) is 3.07. The summed E-state index contributed by atoms with van der Waals surface area (Å²) in [5.41, 5.74) is 7.27. The van der Waals surface area contributed by atoms with Crippen LogP contribution in [0.15, 0.2) is 29.3 Å². The highest BCUT2D eigenvalue weighted by Crippen LogP contribution is 2.23. The number of thioether (sulfide) groups is 1. The number of esters is 1. The molecule has 0 aliphatic rings. The minimum Gasteiger partial charge on any atom is -0.468 e. The summed E-state index contributed by atoms with van der Waals surface area (Å²) < 4.78 is 4.55. The third-order valence-electron chi connectivity index (χ3n) is 2.12. The quantitative estimate of drug-likeness (QED) is 0.655. The zero-order valence-electron chi connectivity index (χ0n) is 9.21. The van der Waals surface area contributed by atoms with Gasteiger partial charge in [0.05, 0.1) is 23.9 Å². The molecular weight excluding hydrogens is 238 g/mol. The Bertz CT molecular complexity index is 559. The summed E-state index contributed by atoms with van der Waals surface area (Å²) >= 11 is 1.22. The van der Waals surface area contributed by atoms with E-state index in [4.69, 9.17) is 5.73 Å². The zero-order valence-corrected chi connectivity index (χ0v) is 10.0. The number of nitrogens with zero attached hydrogens (tertiary/aromatic N) is 2. The lowest BCUT2D eigenvalue weighted by atomic mass is 10.3. The number of para-hydroxylation sites is 2. The molecule has 0 spiro atoms. The molecule has 1 aromatic carbocycles. The van der Waals surface area contributed by atoms with Crippen molar-refractivity contribution < 1.29 is 9.53 Å². The standard InChI is InChI=1S/C11H11N3O2S/c1-16-9(15)6-17-11-10(12)13-7-4-2-3-5-8(7)14-11/h2-5H,6H2,1H3,(H2,12,13). The van der Waals surface area contributed by atoms with Gasteiger partial charge in [0, 0.05) is 0 Å². The summed E-state index contributed by atoms with van der Waals surface area (Å²) in [6.45, 7) is 0. The van der Waals surface area contributed by atoms with Gasteiger partial charge in [-0.2, -0.15) is 0 Å². The van der Waals surface area contributed by atoms with Gasteiger partial charge < -0.3 is 10.5 Å². The van der Waals surface area contributed by atoms with Crippen molar-refractivity contribution in [2.45, 2.75) is 5.03 Å². The number of fused-ring (bicyclic) bond motifs is 1. The number of nitrogens with two attached hydrogens (primary N) is 1. The molecule has 0 radical (unpaired) electrons. The van der Waals surface area contributed by atoms with Gasteiger partial charge in [-0.15, -0.1) is 0 Å². The zero-order chi connectivity index (χ0) is 12.3. The summed E-state index contributed by atoms with van der Waals surface area (Å²) in [7, 11) is 1.35. The molecule has 0 aliphatic heterocycles. The molecular formula is C11H11N3O2S. The number of methoxy groups -OCH3 is 1. The first-order valence-electron chi connectivity index (χ1n) is 4.92. The monoisotopic (exact) mass is 249 g/mol. The fraction of sp³-hybridized carbons (Fsp3) is 0.182. The van der Waals surface area contributed by atoms with Crippen LogP contribution in [0.5, 0.6) is 0 Å². The van der Waals surface area contributed by atoms with Gasteiger partial charge in [-0.1, -0.05) is 23.9 Å². The van der Waals surface area contributed by atoms with Crippen LogP contribution in [0.4, 0.5) is 5.82 Å². The van der Waals surface area contributed by atoms with Gasteiger partial charge >= 0.3 is 5.97 Å². The van der Waals surface area contributed by atoms with Crippen LogP contribution in [0.25, 0.3) is 11.0 Å². The Kier molecular flexibility index (Phi) is 3.43. The van der Waals surface area contributed by atoms with Gasteiger partial charge in [-0.3, -0.25) is 4.79 Å². The molecule has 0 bridgehead atoms. The van der Waals surface area contributed by atoms with Crippen LogP contribution in [-0.2, 0) is 9.53 Å². The van der Waals surface area contributed by atoms with E-state index in [1.807, 2.05) is 24.3 Å². The highest BCUT2D eigenvalue weighted by atomic mass is 32.2. The topological polar surface area (TPSA) is 78.1 Å². The normalized spacial score (nSPS) is 10.4. The Labute approximate surface area is 102 Å². The van der Waals surface area contributed by atoms with E-state index in [2.05, 4.69) is 14.7 Å². The van der Waals surface area contributed by atoms with E-state index in [1.54, 1.807) is 0 Å². The van der Waals surface area contributed by atoms with E-state index in [0.29, 0.717) is 10.8 Å². The van der Waals surface area contributed by atoms with E-state index in [1.165, 1.54) is 18.9 Å². The Morgan fingerprint density at radius 2 is 2.00 bits per heavy atom. The van der Waals surface area contributed by atoms with Crippen LogP contribution in [0.2, 0.25) is 0 Å². The van der Waals surface area contributed by atoms with Crippen molar-refractivity contribution in [1.82, 2.24) is 9.97 Å². The van der Waals surface area contributed by atoms with Crippen LogP contribution in [0.1, 0.15) is 0 Å². The summed E-state index contributed by atoms with van der Waals surface area (Å²) in [5.74, 6) is 0.190. The third kappa shape index (κ3) is 2.65. The maximum atomic E-state index is 11.0. The van der Waals surface area contributed by atoms with Gasteiger partial charge in [0.2, 0.25) is 0 Å². The van der Waals surface area contributed by atoms with E-state index >= 15 is 0 Å². The van der Waals surface area contributed by atoms with Crippen molar-refractivity contribution >= 4 is 34.6 Å². The van der Waals surface area contributed by atoms with Crippen molar-refractivity contribution in [2.24, 2.45) is 0 Å². The molecule has 0 saturated carbocycles. The van der Waals surface area contributed by atoms with Crippen LogP contribution in [0, 0.1) is 0 Å². The molecule has 0 saturated heterocycles. The molecule has 0 atom stereocenters. The number of rotatable bonds is 3. The number of anilines is 1. The van der Waals surface area contributed by atoms with Gasteiger partial charge in [0.1, 0.15) is 5.03 Å². The highest BCUT2D eigenvalue weighted by molar-refractivity contribution is 8.00. The number of aromatic nitrogens is 2. The number of carbonyl (C=O) groups excluding carboxylic acids is 1. The second-order valence-electron chi connectivity index (χ2n) is 3.27. The summed E-state index contributed by atoms with van der Waals surface area (Å²) in [6, 6.07) is 7.44. The average Bonchev–Trinajstić information content (AvgIpc) is 2.35. The van der Waals surface area contributed by atoms with Gasteiger partial charge in [0.15, 0.2) is 5.82 Å². The van der Waals surface area contributed by atoms with Crippen LogP contribution < -0.4 is 5.73 Å². The Morgan fingerprint density at radius 1 is 1.35 bits per heavy atom. The predicted octanol–water partition coefficient (Wildman–Crippen LogP) is 1.48. The lowest BCUT2D eigenvalue weighted by Crippen LogP contribution is -2.05. The molecule has 2 N–H and O–H groups in total. The summed E-state index contributed by atoms with van der Waals surface area (Å²) in [5, 5.41) is 0.550. The summed E-state index contributed by atoms with van der Waals surface area (Å²) in [6.07, 6.45) is 0. The molecule has 88 valence electrons. The largest absolute Gasteiger partial charge is 0.468 e. The van der Waals surface area contributed by atoms with E-state index in [-0.39, 0.29) is 11.7 Å². The highest BCUT2D eigenvalue weighted by Gasteiger charge is 2.09. The lowest BCUT2D eigenvalue weighted by molar-refractivity contribution is -0.137. The predicted molar refractivity (Wildman–Crippen MR) is 66.7 cm³/mol. The van der Waals surface area contributed by atoms with Crippen LogP contribution >= 0.6 is 11.8 Å². The van der Waals surface area contributed by atoms with Gasteiger partial charge in [-0.05, 0) is 12.1 Å². The molecule has 1 aromatic heterocycles. The van der Waals surface area contributed by atoms with Crippen molar-refractivity contribution in [3.63, 3.8) is 0 Å². The Balaban J connectivity index is 2.28. The first-order chi connectivity index (χ1) is 8.20. The number of hydrogen-bond donors (Lipinski definition) is 1. The summed E-state index contributed by atoms with van der Waals surface area (Å²) in [4.78, 5) is 19.6. The second kappa shape index (κ2) is 5.01. The molecule has 2 rings (SSSR count). The molecule has 2 aromatic rings. The van der Waals surface area contributed by atoms with E-state index in [0.717, 1.165) is 11.0 Å². The number of benzene rings is 1. The van der Waals surface area contributed by atoms with Gasteiger partial charge in [0.25, 0.3) is 0 Å². The minimum atomic E-state index is -0.315. The molecule has 17 heavy (non-hydrogen) atoms. The molecule has 5 nitrogen and oxygen atoms in total. The first kappa shape index (κ1) is 11.7. The van der Waals surface area contributed by atoms with E-state index < -0.39 is 0 Å². The van der Waals surface area contributed by atoms with Crippen molar-refractivity contribution in [3.8, 4) is 0 Å². The smallest absolute Gasteiger partial charge is 0.316 e. The van der Waals surface area contributed by atoms with E-state index in [9.17, 15) is 4.79 Å². The maximum Gasteiger partial charge on any atom is 0.316 e. The second-order valence-corrected chi connectivity index (χ2v) is 4.23. The van der Waals surface area contributed by atoms with Crippen molar-refractivity contribution in [2.75, 3.05) is 18.6 Å².